The molecule has 1 heteroatoms. The lowest BCUT2D eigenvalue weighted by Gasteiger charge is -2.44. The Morgan fingerprint density at radius 1 is 1.44 bits per heavy atom. The Morgan fingerprint density at radius 2 is 2.00 bits per heavy atom. The molecule has 1 rings (SSSR count). The first kappa shape index (κ1) is 13.2. The largest absolute Gasteiger partial charge is 0.388 e. The van der Waals surface area contributed by atoms with Crippen LogP contribution in [0.25, 0.3) is 0 Å². The average molecular weight is 220 g/mol. The Bertz CT molecular complexity index is 333. The van der Waals surface area contributed by atoms with E-state index in [-0.39, 0.29) is 17.4 Å². The molecule has 0 heterocycles. The molecule has 0 bridgehead atoms. The van der Waals surface area contributed by atoms with Crippen LogP contribution in [0.4, 0.5) is 0 Å². The smallest absolute Gasteiger partial charge is 0.0825 e. The zero-order valence-corrected chi connectivity index (χ0v) is 11.0. The molecule has 0 aromatic carbocycles. The lowest BCUT2D eigenvalue weighted by atomic mass is 9.62. The molecule has 0 amide bonds. The normalized spacial score (nSPS) is 34.7. The van der Waals surface area contributed by atoms with E-state index in [9.17, 15) is 5.11 Å². The summed E-state index contributed by atoms with van der Waals surface area (Å²) in [6, 6.07) is 0. The highest BCUT2D eigenvalue weighted by Gasteiger charge is 2.42. The van der Waals surface area contributed by atoms with Crippen molar-refractivity contribution in [2.75, 3.05) is 0 Å². The van der Waals surface area contributed by atoms with Gasteiger partial charge in [0.1, 0.15) is 0 Å². The molecular weight excluding hydrogens is 196 g/mol. The fraction of sp³-hybridized carbons (Fsp3) is 0.600. The fourth-order valence-electron chi connectivity index (χ4n) is 2.88. The molecule has 16 heavy (non-hydrogen) atoms. The van der Waals surface area contributed by atoms with Crippen molar-refractivity contribution in [3.05, 3.63) is 36.0 Å². The van der Waals surface area contributed by atoms with Crippen molar-refractivity contribution < 1.29 is 5.11 Å². The van der Waals surface area contributed by atoms with Gasteiger partial charge in [0.15, 0.2) is 0 Å². The molecular formula is C15H24O. The van der Waals surface area contributed by atoms with Gasteiger partial charge in [-0.25, -0.2) is 0 Å². The maximum Gasteiger partial charge on any atom is 0.0825 e. The van der Waals surface area contributed by atoms with Crippen LogP contribution in [-0.4, -0.2) is 11.2 Å². The van der Waals surface area contributed by atoms with E-state index < -0.39 is 0 Å². The third-order valence-electron chi connectivity index (χ3n) is 3.96. The molecule has 3 atom stereocenters. The molecule has 1 saturated carbocycles. The van der Waals surface area contributed by atoms with Crippen LogP contribution >= 0.6 is 0 Å². The van der Waals surface area contributed by atoms with Crippen molar-refractivity contribution in [3.8, 4) is 0 Å². The maximum atomic E-state index is 10.5. The fourth-order valence-corrected chi connectivity index (χ4v) is 2.88. The van der Waals surface area contributed by atoms with Crippen LogP contribution in [0.3, 0.4) is 0 Å². The number of hydrogen-bond donors (Lipinski definition) is 1. The van der Waals surface area contributed by atoms with Crippen LogP contribution in [0.1, 0.15) is 40.5 Å². The Morgan fingerprint density at radius 3 is 2.38 bits per heavy atom. The number of allylic oxidation sites excluding steroid dienone is 2. The molecule has 0 aromatic heterocycles. The third-order valence-corrected chi connectivity index (χ3v) is 3.96. The zero-order valence-electron chi connectivity index (χ0n) is 11.0. The average Bonchev–Trinajstić information content (AvgIpc) is 2.16. The molecule has 1 aliphatic carbocycles. The van der Waals surface area contributed by atoms with Gasteiger partial charge in [-0.05, 0) is 44.6 Å². The van der Waals surface area contributed by atoms with Crippen LogP contribution in [0, 0.1) is 11.3 Å². The standard InChI is InChI=1S/C15H24O/c1-7-15(6)9-8-12(10(2)3)14(16)13(15)11(4)5/h7,13-14,16H,1,4,8-9H2,2-3,5-6H3/t13-,14+,15+/m0/s1. The molecule has 0 spiro atoms. The summed E-state index contributed by atoms with van der Waals surface area (Å²) in [5, 5.41) is 10.5. The summed E-state index contributed by atoms with van der Waals surface area (Å²) >= 11 is 0. The van der Waals surface area contributed by atoms with E-state index in [0.29, 0.717) is 0 Å². The molecule has 0 radical (unpaired) electrons. The quantitative estimate of drug-likeness (QED) is 0.701. The van der Waals surface area contributed by atoms with Crippen molar-refractivity contribution >= 4 is 0 Å². The Balaban J connectivity index is 3.16. The summed E-state index contributed by atoms with van der Waals surface area (Å²) in [6.45, 7) is 16.3. The topological polar surface area (TPSA) is 20.2 Å². The van der Waals surface area contributed by atoms with Crippen molar-refractivity contribution in [1.82, 2.24) is 0 Å². The minimum Gasteiger partial charge on any atom is -0.388 e. The van der Waals surface area contributed by atoms with Gasteiger partial charge >= 0.3 is 0 Å². The second kappa shape index (κ2) is 4.58. The first-order chi connectivity index (χ1) is 7.33. The lowest BCUT2D eigenvalue weighted by Crippen LogP contribution is -2.41. The van der Waals surface area contributed by atoms with Gasteiger partial charge in [-0.2, -0.15) is 0 Å². The number of hydrogen-bond acceptors (Lipinski definition) is 1. The molecule has 90 valence electrons. The van der Waals surface area contributed by atoms with Gasteiger partial charge in [-0.15, -0.1) is 6.58 Å². The van der Waals surface area contributed by atoms with Gasteiger partial charge in [0.05, 0.1) is 6.10 Å². The van der Waals surface area contributed by atoms with Gasteiger partial charge in [0.2, 0.25) is 0 Å². The monoisotopic (exact) mass is 220 g/mol. The van der Waals surface area contributed by atoms with Gasteiger partial charge < -0.3 is 5.11 Å². The molecule has 0 aromatic rings. The van der Waals surface area contributed by atoms with E-state index in [1.54, 1.807) is 0 Å². The highest BCUT2D eigenvalue weighted by atomic mass is 16.3. The maximum absolute atomic E-state index is 10.5. The highest BCUT2D eigenvalue weighted by molar-refractivity contribution is 5.27. The Kier molecular flexibility index (Phi) is 3.80. The second-order valence-corrected chi connectivity index (χ2v) is 5.50. The Hall–Kier alpha value is -0.820. The van der Waals surface area contributed by atoms with Crippen molar-refractivity contribution in [1.29, 1.82) is 0 Å². The SMILES string of the molecule is C=C[C@]1(C)CCC(=C(C)C)[C@@H](O)[C@@H]1C(=C)C. The minimum absolute atomic E-state index is 0.0236. The van der Waals surface area contributed by atoms with E-state index in [1.165, 1.54) is 11.1 Å². The molecule has 1 N–H and O–H groups in total. The number of aliphatic hydroxyl groups excluding tert-OH is 1. The van der Waals surface area contributed by atoms with E-state index >= 15 is 0 Å². The van der Waals surface area contributed by atoms with Crippen LogP contribution in [0.15, 0.2) is 36.0 Å². The summed E-state index contributed by atoms with van der Waals surface area (Å²) in [4.78, 5) is 0. The molecule has 1 fully saturated rings. The van der Waals surface area contributed by atoms with Gasteiger partial charge in [-0.3, -0.25) is 0 Å². The number of rotatable bonds is 2. The third kappa shape index (κ3) is 2.15. The first-order valence-corrected chi connectivity index (χ1v) is 5.97. The summed E-state index contributed by atoms with van der Waals surface area (Å²) in [5.41, 5.74) is 3.45. The summed E-state index contributed by atoms with van der Waals surface area (Å²) in [7, 11) is 0. The predicted octanol–water partition coefficient (Wildman–Crippen LogP) is 3.86. The van der Waals surface area contributed by atoms with Crippen molar-refractivity contribution in [2.24, 2.45) is 11.3 Å². The van der Waals surface area contributed by atoms with Crippen molar-refractivity contribution in [3.63, 3.8) is 0 Å². The van der Waals surface area contributed by atoms with E-state index in [2.05, 4.69) is 33.9 Å². The van der Waals surface area contributed by atoms with Crippen LogP contribution in [0.2, 0.25) is 0 Å². The summed E-state index contributed by atoms with van der Waals surface area (Å²) in [5.74, 6) is 0.101. The molecule has 0 aliphatic heterocycles. The Labute approximate surface area is 99.6 Å². The second-order valence-electron chi connectivity index (χ2n) is 5.50. The number of aliphatic hydroxyl groups is 1. The lowest BCUT2D eigenvalue weighted by molar-refractivity contribution is 0.0660. The zero-order chi connectivity index (χ0) is 12.5. The van der Waals surface area contributed by atoms with Gasteiger partial charge in [0.25, 0.3) is 0 Å². The first-order valence-electron chi connectivity index (χ1n) is 5.97. The van der Waals surface area contributed by atoms with Crippen LogP contribution in [-0.2, 0) is 0 Å². The molecule has 1 nitrogen and oxygen atoms in total. The molecule has 0 saturated heterocycles. The van der Waals surface area contributed by atoms with Crippen LogP contribution < -0.4 is 0 Å². The van der Waals surface area contributed by atoms with E-state index in [0.717, 1.165) is 18.4 Å². The molecule has 1 aliphatic rings. The van der Waals surface area contributed by atoms with Gasteiger partial charge in [0, 0.05) is 5.92 Å². The highest BCUT2D eigenvalue weighted by Crippen LogP contribution is 2.47. The van der Waals surface area contributed by atoms with Gasteiger partial charge in [-0.1, -0.05) is 30.7 Å². The van der Waals surface area contributed by atoms with Crippen LogP contribution in [0.5, 0.6) is 0 Å². The predicted molar refractivity (Wildman–Crippen MR) is 70.2 cm³/mol. The summed E-state index contributed by atoms with van der Waals surface area (Å²) < 4.78 is 0. The van der Waals surface area contributed by atoms with Crippen molar-refractivity contribution in [2.45, 2.75) is 46.6 Å². The molecule has 0 unspecified atom stereocenters. The van der Waals surface area contributed by atoms with E-state index in [4.69, 9.17) is 0 Å². The summed E-state index contributed by atoms with van der Waals surface area (Å²) in [6.07, 6.45) is 3.61. The van der Waals surface area contributed by atoms with E-state index in [1.807, 2.05) is 13.0 Å². The minimum atomic E-state index is -0.390.